The monoisotopic (exact) mass is 207 g/mol. The van der Waals surface area contributed by atoms with Gasteiger partial charge in [0.15, 0.2) is 11.6 Å². The highest BCUT2D eigenvalue weighted by atomic mass is 19.1. The highest BCUT2D eigenvalue weighted by Gasteiger charge is 2.06. The van der Waals surface area contributed by atoms with Crippen molar-refractivity contribution in [3.8, 4) is 11.4 Å². The Morgan fingerprint density at radius 3 is 2.80 bits per heavy atom. The SMILES string of the molecule is Cc1cc(F)cc(-c2n[nH]c(CO)n2)c1. The number of benzene rings is 1. The number of nitrogens with zero attached hydrogens (tertiary/aromatic N) is 2. The Kier molecular flexibility index (Phi) is 2.47. The molecule has 5 heteroatoms. The molecule has 1 heterocycles. The minimum absolute atomic E-state index is 0.207. The second kappa shape index (κ2) is 3.78. The summed E-state index contributed by atoms with van der Waals surface area (Å²) in [7, 11) is 0. The number of aromatic nitrogens is 3. The Morgan fingerprint density at radius 2 is 2.20 bits per heavy atom. The molecule has 0 spiro atoms. The zero-order chi connectivity index (χ0) is 10.8. The van der Waals surface area contributed by atoms with Crippen LogP contribution in [-0.2, 0) is 6.61 Å². The third-order valence-corrected chi connectivity index (χ3v) is 1.98. The van der Waals surface area contributed by atoms with Gasteiger partial charge in [0.05, 0.1) is 0 Å². The third kappa shape index (κ3) is 2.02. The molecule has 2 N–H and O–H groups in total. The minimum atomic E-state index is -0.319. The van der Waals surface area contributed by atoms with E-state index in [0.717, 1.165) is 5.56 Å². The van der Waals surface area contributed by atoms with Gasteiger partial charge in [0, 0.05) is 5.56 Å². The first-order chi connectivity index (χ1) is 7.19. The summed E-state index contributed by atoms with van der Waals surface area (Å²) < 4.78 is 13.1. The van der Waals surface area contributed by atoms with E-state index in [0.29, 0.717) is 17.2 Å². The molecule has 0 amide bonds. The second-order valence-corrected chi connectivity index (χ2v) is 3.28. The van der Waals surface area contributed by atoms with E-state index >= 15 is 0 Å². The van der Waals surface area contributed by atoms with Crippen molar-refractivity contribution in [1.82, 2.24) is 15.2 Å². The Morgan fingerprint density at radius 1 is 1.40 bits per heavy atom. The van der Waals surface area contributed by atoms with Crippen LogP contribution in [0.5, 0.6) is 0 Å². The number of aromatic amines is 1. The molecule has 0 saturated carbocycles. The van der Waals surface area contributed by atoms with Crippen molar-refractivity contribution in [3.05, 3.63) is 35.4 Å². The first-order valence-electron chi connectivity index (χ1n) is 4.49. The molecule has 1 aromatic carbocycles. The van der Waals surface area contributed by atoms with Gasteiger partial charge in [0.25, 0.3) is 0 Å². The number of hydrogen-bond acceptors (Lipinski definition) is 3. The van der Waals surface area contributed by atoms with Crippen LogP contribution >= 0.6 is 0 Å². The molecule has 15 heavy (non-hydrogen) atoms. The van der Waals surface area contributed by atoms with Crippen LogP contribution in [0.3, 0.4) is 0 Å². The van der Waals surface area contributed by atoms with Gasteiger partial charge in [-0.05, 0) is 30.7 Å². The fourth-order valence-electron chi connectivity index (χ4n) is 1.36. The number of aliphatic hydroxyl groups is 1. The lowest BCUT2D eigenvalue weighted by Gasteiger charge is -1.98. The van der Waals surface area contributed by atoms with Gasteiger partial charge in [0.2, 0.25) is 0 Å². The number of hydrogen-bond donors (Lipinski definition) is 2. The maximum atomic E-state index is 13.1. The molecule has 4 nitrogen and oxygen atoms in total. The molecule has 2 aromatic rings. The van der Waals surface area contributed by atoms with E-state index in [1.165, 1.54) is 12.1 Å². The molecule has 0 aliphatic rings. The lowest BCUT2D eigenvalue weighted by Crippen LogP contribution is -1.86. The number of nitrogens with one attached hydrogen (secondary N) is 1. The normalized spacial score (nSPS) is 10.6. The number of aryl methyl sites for hydroxylation is 1. The molecule has 0 unspecified atom stereocenters. The third-order valence-electron chi connectivity index (χ3n) is 1.98. The average Bonchev–Trinajstić information content (AvgIpc) is 2.64. The quantitative estimate of drug-likeness (QED) is 0.782. The minimum Gasteiger partial charge on any atom is -0.388 e. The highest BCUT2D eigenvalue weighted by molar-refractivity contribution is 5.55. The zero-order valence-corrected chi connectivity index (χ0v) is 8.16. The highest BCUT2D eigenvalue weighted by Crippen LogP contribution is 2.17. The molecule has 0 radical (unpaired) electrons. The van der Waals surface area contributed by atoms with Crippen molar-refractivity contribution >= 4 is 0 Å². The molecule has 0 atom stereocenters. The van der Waals surface area contributed by atoms with E-state index in [9.17, 15) is 4.39 Å². The molecule has 2 rings (SSSR count). The first-order valence-corrected chi connectivity index (χ1v) is 4.49. The molecular formula is C10H10FN3O. The first kappa shape index (κ1) is 9.79. The maximum Gasteiger partial charge on any atom is 0.181 e. The van der Waals surface area contributed by atoms with Gasteiger partial charge in [0.1, 0.15) is 12.4 Å². The molecule has 78 valence electrons. The lowest BCUT2D eigenvalue weighted by molar-refractivity contribution is 0.272. The molecular weight excluding hydrogens is 197 g/mol. The van der Waals surface area contributed by atoms with Crippen LogP contribution in [0.2, 0.25) is 0 Å². The molecule has 0 fully saturated rings. The van der Waals surface area contributed by atoms with Crippen LogP contribution < -0.4 is 0 Å². The Labute approximate surface area is 85.8 Å². The number of H-pyrrole nitrogens is 1. The summed E-state index contributed by atoms with van der Waals surface area (Å²) in [5.74, 6) is 0.439. The topological polar surface area (TPSA) is 61.8 Å². The predicted octanol–water partition coefficient (Wildman–Crippen LogP) is 1.41. The second-order valence-electron chi connectivity index (χ2n) is 3.28. The van der Waals surface area contributed by atoms with Crippen molar-refractivity contribution in [2.24, 2.45) is 0 Å². The van der Waals surface area contributed by atoms with Crippen LogP contribution in [-0.4, -0.2) is 20.3 Å². The Bertz CT molecular complexity index is 461. The number of aliphatic hydroxyl groups excluding tert-OH is 1. The van der Waals surface area contributed by atoms with Gasteiger partial charge >= 0.3 is 0 Å². The van der Waals surface area contributed by atoms with Crippen LogP contribution in [0.25, 0.3) is 11.4 Å². The summed E-state index contributed by atoms with van der Waals surface area (Å²) >= 11 is 0. The van der Waals surface area contributed by atoms with E-state index < -0.39 is 0 Å². The summed E-state index contributed by atoms with van der Waals surface area (Å²) in [6, 6.07) is 4.58. The van der Waals surface area contributed by atoms with Crippen LogP contribution in [0, 0.1) is 12.7 Å². The lowest BCUT2D eigenvalue weighted by atomic mass is 10.1. The fraction of sp³-hybridized carbons (Fsp3) is 0.200. The molecule has 0 bridgehead atoms. The van der Waals surface area contributed by atoms with E-state index in [4.69, 9.17) is 5.11 Å². The van der Waals surface area contributed by atoms with E-state index in [2.05, 4.69) is 15.2 Å². The Balaban J connectivity index is 2.44. The standard InChI is InChI=1S/C10H10FN3O/c1-6-2-7(4-8(11)3-6)10-12-9(5-15)13-14-10/h2-4,15H,5H2,1H3,(H,12,13,14). The summed E-state index contributed by atoms with van der Waals surface area (Å²) in [6.45, 7) is 1.59. The summed E-state index contributed by atoms with van der Waals surface area (Å²) in [5.41, 5.74) is 1.41. The van der Waals surface area contributed by atoms with E-state index in [1.807, 2.05) is 0 Å². The van der Waals surface area contributed by atoms with Gasteiger partial charge in [-0.1, -0.05) is 0 Å². The van der Waals surface area contributed by atoms with E-state index in [-0.39, 0.29) is 12.4 Å². The molecule has 0 aliphatic carbocycles. The van der Waals surface area contributed by atoms with Gasteiger partial charge in [-0.15, -0.1) is 0 Å². The maximum absolute atomic E-state index is 13.1. The van der Waals surface area contributed by atoms with Crippen molar-refractivity contribution in [3.63, 3.8) is 0 Å². The number of halogens is 1. The van der Waals surface area contributed by atoms with Gasteiger partial charge < -0.3 is 5.11 Å². The van der Waals surface area contributed by atoms with Gasteiger partial charge in [-0.25, -0.2) is 9.37 Å². The summed E-state index contributed by atoms with van der Waals surface area (Å²) in [5, 5.41) is 15.2. The average molecular weight is 207 g/mol. The van der Waals surface area contributed by atoms with Gasteiger partial charge in [-0.2, -0.15) is 5.10 Å². The van der Waals surface area contributed by atoms with Crippen molar-refractivity contribution in [2.45, 2.75) is 13.5 Å². The zero-order valence-electron chi connectivity index (χ0n) is 8.16. The Hall–Kier alpha value is -1.75. The largest absolute Gasteiger partial charge is 0.388 e. The van der Waals surface area contributed by atoms with Crippen molar-refractivity contribution < 1.29 is 9.50 Å². The smallest absolute Gasteiger partial charge is 0.181 e. The van der Waals surface area contributed by atoms with Crippen LogP contribution in [0.4, 0.5) is 4.39 Å². The molecule has 0 aliphatic heterocycles. The van der Waals surface area contributed by atoms with Crippen molar-refractivity contribution in [1.29, 1.82) is 0 Å². The van der Waals surface area contributed by atoms with E-state index in [1.54, 1.807) is 13.0 Å². The molecule has 0 saturated heterocycles. The van der Waals surface area contributed by atoms with Crippen molar-refractivity contribution in [2.75, 3.05) is 0 Å². The van der Waals surface area contributed by atoms with Gasteiger partial charge in [-0.3, -0.25) is 5.10 Å². The van der Waals surface area contributed by atoms with Crippen LogP contribution in [0.1, 0.15) is 11.4 Å². The predicted molar refractivity (Wildman–Crippen MR) is 52.4 cm³/mol. The summed E-state index contributed by atoms with van der Waals surface area (Å²) in [6.07, 6.45) is 0. The number of rotatable bonds is 2. The molecule has 1 aromatic heterocycles. The fourth-order valence-corrected chi connectivity index (χ4v) is 1.36. The van der Waals surface area contributed by atoms with Crippen LogP contribution in [0.15, 0.2) is 18.2 Å². The summed E-state index contributed by atoms with van der Waals surface area (Å²) in [4.78, 5) is 4.00.